The summed E-state index contributed by atoms with van der Waals surface area (Å²) in [6.45, 7) is 3.56. The van der Waals surface area contributed by atoms with E-state index in [9.17, 15) is 14.0 Å². The lowest BCUT2D eigenvalue weighted by molar-refractivity contribution is -0.130. The fourth-order valence-electron chi connectivity index (χ4n) is 3.42. The molecule has 2 aromatic carbocycles. The molecule has 0 aliphatic carbocycles. The number of fused-ring (bicyclic) bond motifs is 1. The molecule has 0 aliphatic heterocycles. The number of amides is 2. The molecule has 6 nitrogen and oxygen atoms in total. The number of carbonyl (C=O) groups excluding carboxylic acids is 2. The topological polar surface area (TPSA) is 67.2 Å². The van der Waals surface area contributed by atoms with Crippen LogP contribution in [0.25, 0.3) is 11.0 Å². The Morgan fingerprint density at radius 1 is 1.10 bits per heavy atom. The zero-order valence-electron chi connectivity index (χ0n) is 18.1. The number of para-hydroxylation sites is 2. The first kappa shape index (κ1) is 22.5. The number of imidazole rings is 1. The van der Waals surface area contributed by atoms with E-state index >= 15 is 0 Å². The minimum Gasteiger partial charge on any atom is -0.352 e. The molecule has 0 saturated heterocycles. The van der Waals surface area contributed by atoms with E-state index in [2.05, 4.69) is 12.2 Å². The monoisotopic (exact) mass is 424 g/mol. The highest BCUT2D eigenvalue weighted by atomic mass is 19.1. The normalized spacial score (nSPS) is 10.9. The molecular weight excluding hydrogens is 395 g/mol. The minimum absolute atomic E-state index is 0.0578. The predicted octanol–water partition coefficient (Wildman–Crippen LogP) is 3.80. The van der Waals surface area contributed by atoms with Crippen molar-refractivity contribution in [3.05, 3.63) is 65.7 Å². The number of likely N-dealkylation sites (N-methyl/N-ethyl adjacent to an activating group) is 1. The van der Waals surface area contributed by atoms with E-state index in [1.165, 1.54) is 24.3 Å². The number of hydrogen-bond acceptors (Lipinski definition) is 3. The van der Waals surface area contributed by atoms with Gasteiger partial charge in [-0.3, -0.25) is 9.59 Å². The second-order valence-corrected chi connectivity index (χ2v) is 7.64. The molecule has 0 aliphatic rings. The number of halogens is 1. The summed E-state index contributed by atoms with van der Waals surface area (Å²) in [6.07, 6.45) is 3.33. The SMILES string of the molecule is CCCCN(C)C(=O)Cn1c(CCCNC(=O)c2ccc(F)cc2)nc2ccccc21. The number of hydrogen-bond donors (Lipinski definition) is 1. The van der Waals surface area contributed by atoms with E-state index in [0.717, 1.165) is 36.2 Å². The minimum atomic E-state index is -0.370. The summed E-state index contributed by atoms with van der Waals surface area (Å²) in [7, 11) is 1.84. The van der Waals surface area contributed by atoms with Crippen LogP contribution < -0.4 is 5.32 Å². The van der Waals surface area contributed by atoms with Gasteiger partial charge in [-0.25, -0.2) is 9.37 Å². The quantitative estimate of drug-likeness (QED) is 0.504. The lowest BCUT2D eigenvalue weighted by Gasteiger charge is -2.18. The zero-order chi connectivity index (χ0) is 22.2. The molecule has 1 aromatic heterocycles. The fourth-order valence-corrected chi connectivity index (χ4v) is 3.42. The third-order valence-electron chi connectivity index (χ3n) is 5.27. The zero-order valence-corrected chi connectivity index (χ0v) is 18.1. The van der Waals surface area contributed by atoms with Gasteiger partial charge < -0.3 is 14.8 Å². The molecule has 0 atom stereocenters. The van der Waals surface area contributed by atoms with Crippen LogP contribution >= 0.6 is 0 Å². The molecule has 0 unspecified atom stereocenters. The van der Waals surface area contributed by atoms with Gasteiger partial charge in [-0.1, -0.05) is 25.5 Å². The molecule has 2 amide bonds. The standard InChI is InChI=1S/C24H29FN4O2/c1-3-4-16-28(2)23(30)17-29-21-9-6-5-8-20(21)27-22(29)10-7-15-26-24(31)18-11-13-19(25)14-12-18/h5-6,8-9,11-14H,3-4,7,10,15-17H2,1-2H3,(H,26,31). The van der Waals surface area contributed by atoms with E-state index in [0.29, 0.717) is 24.9 Å². The Kier molecular flexibility index (Phi) is 7.76. The lowest BCUT2D eigenvalue weighted by Crippen LogP contribution is -2.31. The highest BCUT2D eigenvalue weighted by Gasteiger charge is 2.16. The average Bonchev–Trinajstić information content (AvgIpc) is 3.12. The van der Waals surface area contributed by atoms with Crippen LogP contribution in [0.4, 0.5) is 4.39 Å². The number of benzene rings is 2. The lowest BCUT2D eigenvalue weighted by atomic mass is 10.2. The summed E-state index contributed by atoms with van der Waals surface area (Å²) in [4.78, 5) is 31.4. The predicted molar refractivity (Wildman–Crippen MR) is 119 cm³/mol. The first-order chi connectivity index (χ1) is 15.0. The summed E-state index contributed by atoms with van der Waals surface area (Å²) >= 11 is 0. The van der Waals surface area contributed by atoms with Gasteiger partial charge in [-0.05, 0) is 49.2 Å². The van der Waals surface area contributed by atoms with Crippen molar-refractivity contribution in [2.24, 2.45) is 0 Å². The van der Waals surface area contributed by atoms with Crippen molar-refractivity contribution in [2.75, 3.05) is 20.1 Å². The Labute approximate surface area is 182 Å². The van der Waals surface area contributed by atoms with Gasteiger partial charge in [0.1, 0.15) is 18.2 Å². The van der Waals surface area contributed by atoms with Gasteiger partial charge in [0.15, 0.2) is 0 Å². The average molecular weight is 425 g/mol. The second-order valence-electron chi connectivity index (χ2n) is 7.64. The summed E-state index contributed by atoms with van der Waals surface area (Å²) < 4.78 is 15.0. The molecule has 7 heteroatoms. The molecule has 1 heterocycles. The molecular formula is C24H29FN4O2. The molecule has 0 saturated carbocycles. The smallest absolute Gasteiger partial charge is 0.251 e. The van der Waals surface area contributed by atoms with E-state index in [1.807, 2.05) is 35.9 Å². The van der Waals surface area contributed by atoms with Gasteiger partial charge in [0.05, 0.1) is 11.0 Å². The number of aryl methyl sites for hydroxylation is 1. The molecule has 164 valence electrons. The first-order valence-corrected chi connectivity index (χ1v) is 10.7. The maximum absolute atomic E-state index is 13.0. The van der Waals surface area contributed by atoms with Crippen molar-refractivity contribution in [2.45, 2.75) is 39.2 Å². The summed E-state index contributed by atoms with van der Waals surface area (Å²) in [6, 6.07) is 13.3. The van der Waals surface area contributed by atoms with Gasteiger partial charge in [0, 0.05) is 32.1 Å². The first-order valence-electron chi connectivity index (χ1n) is 10.7. The highest BCUT2D eigenvalue weighted by molar-refractivity contribution is 5.94. The summed E-state index contributed by atoms with van der Waals surface area (Å²) in [5, 5.41) is 2.85. The number of aromatic nitrogens is 2. The van der Waals surface area contributed by atoms with Crippen LogP contribution in [0.2, 0.25) is 0 Å². The third-order valence-corrected chi connectivity index (χ3v) is 5.27. The second kappa shape index (κ2) is 10.7. The molecule has 31 heavy (non-hydrogen) atoms. The third kappa shape index (κ3) is 5.90. The largest absolute Gasteiger partial charge is 0.352 e. The van der Waals surface area contributed by atoms with Crippen molar-refractivity contribution in [1.82, 2.24) is 19.8 Å². The molecule has 3 rings (SSSR count). The van der Waals surface area contributed by atoms with Crippen LogP contribution in [0.5, 0.6) is 0 Å². The van der Waals surface area contributed by atoms with E-state index in [-0.39, 0.29) is 24.2 Å². The van der Waals surface area contributed by atoms with Crippen LogP contribution in [0, 0.1) is 5.82 Å². The van der Waals surface area contributed by atoms with Crippen LogP contribution in [-0.4, -0.2) is 46.4 Å². The highest BCUT2D eigenvalue weighted by Crippen LogP contribution is 2.17. The Balaban J connectivity index is 1.63. The summed E-state index contributed by atoms with van der Waals surface area (Å²) in [5.74, 6) is 0.281. The summed E-state index contributed by atoms with van der Waals surface area (Å²) in [5.41, 5.74) is 2.22. The van der Waals surface area contributed by atoms with Gasteiger partial charge in [0.2, 0.25) is 5.91 Å². The van der Waals surface area contributed by atoms with E-state index < -0.39 is 0 Å². The number of nitrogens with one attached hydrogen (secondary N) is 1. The Morgan fingerprint density at radius 2 is 1.84 bits per heavy atom. The number of rotatable bonds is 10. The van der Waals surface area contributed by atoms with Gasteiger partial charge in [0.25, 0.3) is 5.91 Å². The molecule has 0 radical (unpaired) electrons. The Morgan fingerprint density at radius 3 is 2.58 bits per heavy atom. The fraction of sp³-hybridized carbons (Fsp3) is 0.375. The molecule has 3 aromatic rings. The maximum Gasteiger partial charge on any atom is 0.251 e. The van der Waals surface area contributed by atoms with Crippen LogP contribution in [-0.2, 0) is 17.8 Å². The molecule has 0 spiro atoms. The van der Waals surface area contributed by atoms with Crippen LogP contribution in [0.3, 0.4) is 0 Å². The number of carbonyl (C=O) groups is 2. The van der Waals surface area contributed by atoms with Gasteiger partial charge >= 0.3 is 0 Å². The Bertz CT molecular complexity index is 1030. The van der Waals surface area contributed by atoms with Crippen molar-refractivity contribution in [1.29, 1.82) is 0 Å². The number of unbranched alkanes of at least 4 members (excludes halogenated alkanes) is 1. The molecule has 0 fully saturated rings. The van der Waals surface area contributed by atoms with Crippen LogP contribution in [0.1, 0.15) is 42.4 Å². The Hall–Kier alpha value is -3.22. The van der Waals surface area contributed by atoms with Crippen molar-refractivity contribution in [3.63, 3.8) is 0 Å². The molecule has 1 N–H and O–H groups in total. The molecule has 0 bridgehead atoms. The van der Waals surface area contributed by atoms with Gasteiger partial charge in [-0.2, -0.15) is 0 Å². The number of nitrogens with zero attached hydrogens (tertiary/aromatic N) is 3. The van der Waals surface area contributed by atoms with Crippen molar-refractivity contribution < 1.29 is 14.0 Å². The van der Waals surface area contributed by atoms with E-state index in [4.69, 9.17) is 4.98 Å². The van der Waals surface area contributed by atoms with Crippen LogP contribution in [0.15, 0.2) is 48.5 Å². The van der Waals surface area contributed by atoms with Crippen molar-refractivity contribution in [3.8, 4) is 0 Å². The van der Waals surface area contributed by atoms with Crippen molar-refractivity contribution >= 4 is 22.8 Å². The maximum atomic E-state index is 13.0. The van der Waals surface area contributed by atoms with Gasteiger partial charge in [-0.15, -0.1) is 0 Å². The van der Waals surface area contributed by atoms with E-state index in [1.54, 1.807) is 4.90 Å².